The number of rotatable bonds is 4. The monoisotopic (exact) mass is 566 g/mol. The van der Waals surface area contributed by atoms with Crippen molar-refractivity contribution in [1.82, 2.24) is 4.57 Å². The summed E-state index contributed by atoms with van der Waals surface area (Å²) in [6.45, 7) is 16.0. The Bertz CT molecular complexity index is 1630. The van der Waals surface area contributed by atoms with Gasteiger partial charge in [0.1, 0.15) is 11.8 Å². The Morgan fingerprint density at radius 3 is 2.26 bits per heavy atom. The van der Waals surface area contributed by atoms with Crippen LogP contribution in [-0.4, -0.2) is 22.2 Å². The van der Waals surface area contributed by atoms with Crippen LogP contribution in [0.3, 0.4) is 0 Å². The number of benzene rings is 2. The fraction of sp³-hybridized carbons (Fsp3) is 0.387. The molecule has 0 saturated carbocycles. The van der Waals surface area contributed by atoms with Crippen molar-refractivity contribution in [2.75, 3.05) is 6.61 Å². The minimum absolute atomic E-state index is 0.197. The number of phenolic OH excluding ortho intramolecular Hbond substituents is 1. The highest BCUT2D eigenvalue weighted by molar-refractivity contribution is 7.07. The molecule has 6 nitrogen and oxygen atoms in total. The minimum atomic E-state index is -0.772. The van der Waals surface area contributed by atoms with Gasteiger partial charge in [-0.25, -0.2) is 9.79 Å². The second kappa shape index (κ2) is 10.4. The van der Waals surface area contributed by atoms with Crippen molar-refractivity contribution < 1.29 is 14.6 Å². The summed E-state index contributed by atoms with van der Waals surface area (Å²) in [6, 6.07) is 10.3. The third-order valence-corrected chi connectivity index (χ3v) is 8.09. The van der Waals surface area contributed by atoms with Crippen molar-refractivity contribution in [2.45, 2.75) is 72.3 Å². The van der Waals surface area contributed by atoms with Crippen LogP contribution >= 0.6 is 22.9 Å². The van der Waals surface area contributed by atoms with Gasteiger partial charge in [0.25, 0.3) is 5.56 Å². The number of halogens is 1. The lowest BCUT2D eigenvalue weighted by Gasteiger charge is -2.27. The zero-order valence-electron chi connectivity index (χ0n) is 23.7. The molecule has 0 spiro atoms. The molecule has 4 rings (SSSR count). The number of phenols is 1. The van der Waals surface area contributed by atoms with Crippen LogP contribution in [-0.2, 0) is 20.4 Å². The van der Waals surface area contributed by atoms with Crippen LogP contribution in [0.5, 0.6) is 5.75 Å². The van der Waals surface area contributed by atoms with Crippen LogP contribution in [0.25, 0.3) is 6.08 Å². The minimum Gasteiger partial charge on any atom is -0.507 e. The third-order valence-electron chi connectivity index (χ3n) is 6.76. The molecule has 0 unspecified atom stereocenters. The van der Waals surface area contributed by atoms with Gasteiger partial charge in [0.2, 0.25) is 0 Å². The van der Waals surface area contributed by atoms with Gasteiger partial charge in [0.05, 0.1) is 22.4 Å². The highest BCUT2D eigenvalue weighted by Crippen LogP contribution is 2.40. The Kier molecular flexibility index (Phi) is 7.71. The molecule has 206 valence electrons. The van der Waals surface area contributed by atoms with E-state index in [1.165, 1.54) is 15.9 Å². The summed E-state index contributed by atoms with van der Waals surface area (Å²) in [5, 5.41) is 11.6. The van der Waals surface area contributed by atoms with Crippen LogP contribution in [0.15, 0.2) is 57.5 Å². The largest absolute Gasteiger partial charge is 0.507 e. The summed E-state index contributed by atoms with van der Waals surface area (Å²) in [5.41, 5.74) is 2.93. The number of allylic oxidation sites excluding steroid dienone is 1. The van der Waals surface area contributed by atoms with Crippen molar-refractivity contribution in [3.63, 3.8) is 0 Å². The molecule has 2 aromatic carbocycles. The SMILES string of the molecule is CCOC(=O)C1=C(C)N=c2s/c(=C/c3cc(C(C)(C)C)c(O)c(C(C)(C)C)c3)c(=O)n2[C@H]1c1ccccc1Cl. The number of aromatic nitrogens is 1. The molecule has 0 amide bonds. The standard InChI is InChI=1S/C31H35ClN2O4S/c1-9-38-28(37)24-17(2)33-29-34(25(24)19-12-10-11-13-22(19)32)27(36)23(39-29)16-18-14-20(30(3,4)5)26(35)21(15-18)31(6,7)8/h10-16,25,35H,9H2,1-8H3/b23-16+/t25-/m0/s1. The van der Waals surface area contributed by atoms with Gasteiger partial charge < -0.3 is 9.84 Å². The predicted octanol–water partition coefficient (Wildman–Crippen LogP) is 5.75. The van der Waals surface area contributed by atoms with Gasteiger partial charge >= 0.3 is 5.97 Å². The molecule has 1 aliphatic heterocycles. The number of ether oxygens (including phenoxy) is 1. The Morgan fingerprint density at radius 2 is 1.72 bits per heavy atom. The van der Waals surface area contributed by atoms with Gasteiger partial charge in [-0.3, -0.25) is 9.36 Å². The molecule has 0 saturated heterocycles. The van der Waals surface area contributed by atoms with E-state index in [4.69, 9.17) is 16.3 Å². The first-order chi connectivity index (χ1) is 18.1. The number of thiazole rings is 1. The number of nitrogens with zero attached hydrogens (tertiary/aromatic N) is 2. The molecule has 2 heterocycles. The number of carbonyl (C=O) groups is 1. The van der Waals surface area contributed by atoms with E-state index >= 15 is 0 Å². The molecular weight excluding hydrogens is 532 g/mol. The Balaban J connectivity index is 2.01. The van der Waals surface area contributed by atoms with E-state index in [0.717, 1.165) is 16.7 Å². The fourth-order valence-electron chi connectivity index (χ4n) is 4.82. The van der Waals surface area contributed by atoms with E-state index < -0.39 is 12.0 Å². The average Bonchev–Trinajstić information content (AvgIpc) is 3.12. The maximum atomic E-state index is 14.0. The van der Waals surface area contributed by atoms with Crippen LogP contribution in [0.1, 0.15) is 83.7 Å². The molecule has 8 heteroatoms. The number of carbonyl (C=O) groups excluding carboxylic acids is 1. The van der Waals surface area contributed by atoms with E-state index in [2.05, 4.69) is 46.5 Å². The molecule has 0 fully saturated rings. The Labute approximate surface area is 237 Å². The number of esters is 1. The normalized spacial score (nSPS) is 16.2. The quantitative estimate of drug-likeness (QED) is 0.408. The first-order valence-corrected chi connectivity index (χ1v) is 14.2. The van der Waals surface area contributed by atoms with Crippen molar-refractivity contribution in [3.05, 3.63) is 94.6 Å². The molecule has 1 aliphatic rings. The molecule has 1 aromatic heterocycles. The first kappa shape index (κ1) is 28.8. The maximum Gasteiger partial charge on any atom is 0.338 e. The highest BCUT2D eigenvalue weighted by atomic mass is 35.5. The van der Waals surface area contributed by atoms with E-state index in [1.54, 1.807) is 26.0 Å². The van der Waals surface area contributed by atoms with Gasteiger partial charge in [-0.05, 0) is 60.1 Å². The summed E-state index contributed by atoms with van der Waals surface area (Å²) in [4.78, 5) is 32.2. The van der Waals surface area contributed by atoms with Crippen LogP contribution in [0.2, 0.25) is 5.02 Å². The number of fused-ring (bicyclic) bond motifs is 1. The van der Waals surface area contributed by atoms with Gasteiger partial charge in [0, 0.05) is 16.1 Å². The maximum absolute atomic E-state index is 14.0. The lowest BCUT2D eigenvalue weighted by atomic mass is 9.78. The number of hydrogen-bond acceptors (Lipinski definition) is 6. The predicted molar refractivity (Wildman–Crippen MR) is 157 cm³/mol. The molecule has 1 atom stereocenters. The summed E-state index contributed by atoms with van der Waals surface area (Å²) in [7, 11) is 0. The van der Waals surface area contributed by atoms with Crippen molar-refractivity contribution >= 4 is 35.0 Å². The average molecular weight is 567 g/mol. The Morgan fingerprint density at radius 1 is 1.13 bits per heavy atom. The van der Waals surface area contributed by atoms with Crippen molar-refractivity contribution in [3.8, 4) is 5.75 Å². The second-order valence-corrected chi connectivity index (χ2v) is 13.2. The van der Waals surface area contributed by atoms with Gasteiger partial charge in [-0.2, -0.15) is 0 Å². The van der Waals surface area contributed by atoms with E-state index in [1.807, 2.05) is 30.3 Å². The molecular formula is C31H35ClN2O4S. The number of hydrogen-bond donors (Lipinski definition) is 1. The molecule has 0 bridgehead atoms. The summed E-state index contributed by atoms with van der Waals surface area (Å²) in [6.07, 6.45) is 1.83. The van der Waals surface area contributed by atoms with Crippen molar-refractivity contribution in [1.29, 1.82) is 0 Å². The third kappa shape index (κ3) is 5.48. The molecule has 0 aliphatic carbocycles. The molecule has 0 radical (unpaired) electrons. The Hall–Kier alpha value is -3.16. The fourth-order valence-corrected chi connectivity index (χ4v) is 6.10. The van der Waals surface area contributed by atoms with Gasteiger partial charge in [0.15, 0.2) is 4.80 Å². The summed E-state index contributed by atoms with van der Waals surface area (Å²) >= 11 is 7.85. The van der Waals surface area contributed by atoms with Crippen molar-refractivity contribution in [2.24, 2.45) is 4.99 Å². The first-order valence-electron chi connectivity index (χ1n) is 13.0. The highest BCUT2D eigenvalue weighted by Gasteiger charge is 2.34. The van der Waals surface area contributed by atoms with Crippen LogP contribution in [0, 0.1) is 0 Å². The van der Waals surface area contributed by atoms with Gasteiger partial charge in [-0.1, -0.05) is 82.7 Å². The molecule has 3 aromatic rings. The van der Waals surface area contributed by atoms with E-state index in [-0.39, 0.29) is 28.7 Å². The second-order valence-electron chi connectivity index (χ2n) is 11.8. The van der Waals surface area contributed by atoms with Gasteiger partial charge in [-0.15, -0.1) is 0 Å². The lowest BCUT2D eigenvalue weighted by molar-refractivity contribution is -0.139. The molecule has 39 heavy (non-hydrogen) atoms. The number of aromatic hydroxyl groups is 1. The summed E-state index contributed by atoms with van der Waals surface area (Å²) < 4.78 is 7.36. The lowest BCUT2D eigenvalue weighted by Crippen LogP contribution is -2.40. The van der Waals surface area contributed by atoms with E-state index in [0.29, 0.717) is 31.2 Å². The van der Waals surface area contributed by atoms with E-state index in [9.17, 15) is 14.7 Å². The smallest absolute Gasteiger partial charge is 0.338 e. The van der Waals surface area contributed by atoms with Crippen LogP contribution < -0.4 is 14.9 Å². The van der Waals surface area contributed by atoms with Crippen LogP contribution in [0.4, 0.5) is 0 Å². The molecule has 1 N–H and O–H groups in total. The zero-order chi connectivity index (χ0) is 28.9. The summed E-state index contributed by atoms with van der Waals surface area (Å²) in [5.74, 6) is -0.247. The topological polar surface area (TPSA) is 80.9 Å². The zero-order valence-corrected chi connectivity index (χ0v) is 25.3.